The quantitative estimate of drug-likeness (QED) is 0.841. The molecular weight excluding hydrogens is 258 g/mol. The lowest BCUT2D eigenvalue weighted by molar-refractivity contribution is -0.115. The summed E-state index contributed by atoms with van der Waals surface area (Å²) in [6.45, 7) is 2.01. The summed E-state index contributed by atoms with van der Waals surface area (Å²) in [7, 11) is 0. The van der Waals surface area contributed by atoms with Crippen LogP contribution < -0.4 is 5.32 Å². The minimum atomic E-state index is -0.00655. The lowest BCUT2D eigenvalue weighted by Crippen LogP contribution is -2.14. The number of anilines is 1. The van der Waals surface area contributed by atoms with E-state index in [1.165, 1.54) is 0 Å². The van der Waals surface area contributed by atoms with Gasteiger partial charge < -0.3 is 5.32 Å². The van der Waals surface area contributed by atoms with Gasteiger partial charge in [0.2, 0.25) is 5.91 Å². The lowest BCUT2D eigenvalue weighted by atomic mass is 10.1. The van der Waals surface area contributed by atoms with E-state index in [-0.39, 0.29) is 5.91 Å². The van der Waals surface area contributed by atoms with Crippen molar-refractivity contribution in [3.8, 4) is 0 Å². The summed E-state index contributed by atoms with van der Waals surface area (Å²) >= 11 is 5.72. The Hall–Kier alpha value is -1.80. The average molecular weight is 274 g/mol. The van der Waals surface area contributed by atoms with Crippen molar-refractivity contribution in [2.45, 2.75) is 19.2 Å². The zero-order chi connectivity index (χ0) is 13.7. The van der Waals surface area contributed by atoms with E-state index in [0.717, 1.165) is 22.4 Å². The highest BCUT2D eigenvalue weighted by atomic mass is 35.5. The Morgan fingerprint density at radius 2 is 1.79 bits per heavy atom. The van der Waals surface area contributed by atoms with E-state index in [2.05, 4.69) is 5.32 Å². The summed E-state index contributed by atoms with van der Waals surface area (Å²) < 4.78 is 0. The fraction of sp³-hybridized carbons (Fsp3) is 0.188. The first-order valence-electron chi connectivity index (χ1n) is 6.18. The minimum absolute atomic E-state index is 0.00655. The molecule has 0 unspecified atom stereocenters. The summed E-state index contributed by atoms with van der Waals surface area (Å²) in [6, 6.07) is 15.5. The van der Waals surface area contributed by atoms with Crippen molar-refractivity contribution in [1.29, 1.82) is 0 Å². The van der Waals surface area contributed by atoms with Crippen molar-refractivity contribution in [2.75, 3.05) is 5.32 Å². The van der Waals surface area contributed by atoms with E-state index in [9.17, 15) is 4.79 Å². The van der Waals surface area contributed by atoms with Crippen LogP contribution in [-0.2, 0) is 17.1 Å². The fourth-order valence-electron chi connectivity index (χ4n) is 1.86. The summed E-state index contributed by atoms with van der Waals surface area (Å²) in [6.07, 6.45) is 0.393. The number of rotatable bonds is 4. The van der Waals surface area contributed by atoms with Gasteiger partial charge in [-0.15, -0.1) is 11.6 Å². The molecule has 0 bridgehead atoms. The Morgan fingerprint density at radius 3 is 2.42 bits per heavy atom. The summed E-state index contributed by atoms with van der Waals surface area (Å²) in [4.78, 5) is 12.0. The molecule has 2 nitrogen and oxygen atoms in total. The topological polar surface area (TPSA) is 29.1 Å². The molecule has 2 aromatic carbocycles. The second-order valence-corrected chi connectivity index (χ2v) is 4.75. The van der Waals surface area contributed by atoms with Crippen LogP contribution in [0.25, 0.3) is 0 Å². The number of halogens is 1. The van der Waals surface area contributed by atoms with E-state index in [1.54, 1.807) is 0 Å². The molecule has 0 atom stereocenters. The predicted molar refractivity (Wildman–Crippen MR) is 79.5 cm³/mol. The number of carbonyl (C=O) groups excluding carboxylic acids is 1. The first kappa shape index (κ1) is 13.6. The van der Waals surface area contributed by atoms with Crippen LogP contribution in [0.4, 0.5) is 5.69 Å². The molecule has 0 aliphatic heterocycles. The molecule has 0 saturated heterocycles. The molecule has 0 heterocycles. The average Bonchev–Trinajstić information content (AvgIpc) is 2.42. The number of hydrogen-bond donors (Lipinski definition) is 1. The van der Waals surface area contributed by atoms with Gasteiger partial charge in [-0.2, -0.15) is 0 Å². The molecule has 98 valence electrons. The molecule has 2 rings (SSSR count). The second-order valence-electron chi connectivity index (χ2n) is 4.48. The third kappa shape index (κ3) is 3.83. The van der Waals surface area contributed by atoms with Crippen LogP contribution in [0.3, 0.4) is 0 Å². The molecule has 0 aromatic heterocycles. The Labute approximate surface area is 118 Å². The number of aryl methyl sites for hydroxylation is 1. The van der Waals surface area contributed by atoms with Gasteiger partial charge >= 0.3 is 0 Å². The Bertz CT molecular complexity index is 563. The smallest absolute Gasteiger partial charge is 0.228 e. The van der Waals surface area contributed by atoms with Gasteiger partial charge in [-0.3, -0.25) is 4.79 Å². The van der Waals surface area contributed by atoms with Gasteiger partial charge in [0.1, 0.15) is 0 Å². The van der Waals surface area contributed by atoms with Crippen LogP contribution in [-0.4, -0.2) is 5.91 Å². The summed E-state index contributed by atoms with van der Waals surface area (Å²) in [5, 5.41) is 2.89. The molecule has 1 N–H and O–H groups in total. The Morgan fingerprint density at radius 1 is 1.11 bits per heavy atom. The third-order valence-electron chi connectivity index (χ3n) is 3.00. The molecule has 0 spiro atoms. The van der Waals surface area contributed by atoms with Crippen molar-refractivity contribution in [2.24, 2.45) is 0 Å². The molecular formula is C16H16ClNO. The molecule has 0 fully saturated rings. The highest BCUT2D eigenvalue weighted by molar-refractivity contribution is 6.17. The number of benzene rings is 2. The van der Waals surface area contributed by atoms with Crippen LogP contribution in [0.5, 0.6) is 0 Å². The highest BCUT2D eigenvalue weighted by Gasteiger charge is 2.05. The predicted octanol–water partition coefficient (Wildman–Crippen LogP) is 3.92. The maximum Gasteiger partial charge on any atom is 0.228 e. The molecule has 0 radical (unpaired) electrons. The van der Waals surface area contributed by atoms with E-state index in [1.807, 2.05) is 55.5 Å². The van der Waals surface area contributed by atoms with E-state index in [4.69, 9.17) is 11.6 Å². The molecule has 0 saturated carbocycles. The zero-order valence-corrected chi connectivity index (χ0v) is 11.6. The molecule has 1 amide bonds. The molecule has 0 aliphatic carbocycles. The number of carbonyl (C=O) groups is 1. The zero-order valence-electron chi connectivity index (χ0n) is 10.8. The first-order valence-corrected chi connectivity index (χ1v) is 6.72. The van der Waals surface area contributed by atoms with Crippen LogP contribution in [0.2, 0.25) is 0 Å². The molecule has 2 aromatic rings. The summed E-state index contributed by atoms with van der Waals surface area (Å²) in [5.74, 6) is 0.477. The van der Waals surface area contributed by atoms with Crippen LogP contribution in [0.15, 0.2) is 48.5 Å². The van der Waals surface area contributed by atoms with Crippen molar-refractivity contribution < 1.29 is 4.79 Å². The molecule has 0 aliphatic rings. The third-order valence-corrected chi connectivity index (χ3v) is 3.31. The second kappa shape index (κ2) is 6.39. The maximum absolute atomic E-state index is 12.0. The van der Waals surface area contributed by atoms with Gasteiger partial charge in [-0.25, -0.2) is 0 Å². The molecule has 3 heteroatoms. The van der Waals surface area contributed by atoms with Gasteiger partial charge in [-0.05, 0) is 35.7 Å². The Balaban J connectivity index is 1.99. The fourth-order valence-corrected chi connectivity index (χ4v) is 2.04. The van der Waals surface area contributed by atoms with Crippen molar-refractivity contribution in [3.05, 3.63) is 65.2 Å². The van der Waals surface area contributed by atoms with Gasteiger partial charge in [0.15, 0.2) is 0 Å². The Kier molecular flexibility index (Phi) is 4.58. The monoisotopic (exact) mass is 273 g/mol. The number of alkyl halides is 1. The van der Waals surface area contributed by atoms with Crippen LogP contribution >= 0.6 is 11.6 Å². The molecule has 19 heavy (non-hydrogen) atoms. The van der Waals surface area contributed by atoms with Crippen molar-refractivity contribution in [3.63, 3.8) is 0 Å². The minimum Gasteiger partial charge on any atom is -0.326 e. The van der Waals surface area contributed by atoms with Gasteiger partial charge in [-0.1, -0.05) is 36.4 Å². The highest BCUT2D eigenvalue weighted by Crippen LogP contribution is 2.13. The van der Waals surface area contributed by atoms with Crippen molar-refractivity contribution in [1.82, 2.24) is 0 Å². The van der Waals surface area contributed by atoms with E-state index < -0.39 is 0 Å². The van der Waals surface area contributed by atoms with Gasteiger partial charge in [0.25, 0.3) is 0 Å². The van der Waals surface area contributed by atoms with Crippen LogP contribution in [0, 0.1) is 6.92 Å². The van der Waals surface area contributed by atoms with Gasteiger partial charge in [0.05, 0.1) is 6.42 Å². The lowest BCUT2D eigenvalue weighted by Gasteiger charge is -2.07. The SMILES string of the molecule is Cc1ccccc1CC(=O)Nc1ccc(CCl)cc1. The normalized spacial score (nSPS) is 10.2. The van der Waals surface area contributed by atoms with Gasteiger partial charge in [0, 0.05) is 11.6 Å². The first-order chi connectivity index (χ1) is 9.19. The summed E-state index contributed by atoms with van der Waals surface area (Å²) in [5.41, 5.74) is 4.03. The standard InChI is InChI=1S/C16H16ClNO/c1-12-4-2-3-5-14(12)10-16(19)18-15-8-6-13(11-17)7-9-15/h2-9H,10-11H2,1H3,(H,18,19). The largest absolute Gasteiger partial charge is 0.326 e. The maximum atomic E-state index is 12.0. The number of nitrogens with one attached hydrogen (secondary N) is 1. The van der Waals surface area contributed by atoms with Crippen LogP contribution in [0.1, 0.15) is 16.7 Å². The van der Waals surface area contributed by atoms with Crippen molar-refractivity contribution >= 4 is 23.2 Å². The number of amides is 1. The van der Waals surface area contributed by atoms with E-state index in [0.29, 0.717) is 12.3 Å². The number of hydrogen-bond acceptors (Lipinski definition) is 1. The van der Waals surface area contributed by atoms with E-state index >= 15 is 0 Å².